The molecule has 0 aliphatic rings. The van der Waals surface area contributed by atoms with Gasteiger partial charge < -0.3 is 37.2 Å². The monoisotopic (exact) mass is 404 g/mol. The summed E-state index contributed by atoms with van der Waals surface area (Å²) in [7, 11) is 0. The fourth-order valence-corrected chi connectivity index (χ4v) is 0. The van der Waals surface area contributed by atoms with Gasteiger partial charge in [0.25, 0.3) is 17.9 Å². The third-order valence-corrected chi connectivity index (χ3v) is 0. The third kappa shape index (κ3) is 16900. The van der Waals surface area contributed by atoms with Gasteiger partial charge in [0.1, 0.15) is 0 Å². The van der Waals surface area contributed by atoms with Crippen molar-refractivity contribution >= 4 is 17.9 Å². The van der Waals surface area contributed by atoms with Crippen LogP contribution >= 0.6 is 0 Å². The molecule has 0 saturated carbocycles. The Kier molecular flexibility index (Phi) is 145. The van der Waals surface area contributed by atoms with Crippen LogP contribution in [0.5, 0.6) is 0 Å². The van der Waals surface area contributed by atoms with Crippen LogP contribution in [0.3, 0.4) is 0 Å². The maximum Gasteiger partial charge on any atom is 0.300 e. The van der Waals surface area contributed by atoms with Crippen molar-refractivity contribution in [3.8, 4) is 0 Å². The Morgan fingerprint density at radius 2 is 0.588 bits per heavy atom. The minimum Gasteiger partial charge on any atom is -0.481 e. The van der Waals surface area contributed by atoms with Gasteiger partial charge in [0.2, 0.25) is 0 Å². The molecule has 0 aromatic carbocycles. The smallest absolute Gasteiger partial charge is 0.300 e. The topological polar surface area (TPSA) is 238 Å². The molecule has 0 rings (SSSR count). The van der Waals surface area contributed by atoms with Crippen LogP contribution in [0, 0.1) is 40.4 Å². The van der Waals surface area contributed by atoms with Crippen molar-refractivity contribution in [3.63, 3.8) is 0 Å². The number of carbonyl (C=O) groups is 3. The zero-order valence-electron chi connectivity index (χ0n) is 9.47. The molecule has 0 heterocycles. The molecule has 0 unspecified atom stereocenters. The van der Waals surface area contributed by atoms with Gasteiger partial charge in [0.05, 0.1) is 0 Å². The van der Waals surface area contributed by atoms with Crippen molar-refractivity contribution in [1.82, 2.24) is 0 Å². The van der Waals surface area contributed by atoms with Crippen molar-refractivity contribution in [2.75, 3.05) is 0 Å². The van der Waals surface area contributed by atoms with Crippen LogP contribution in [0.4, 0.5) is 0 Å². The molecule has 0 aliphatic carbocycles. The second kappa shape index (κ2) is 45.0. The molecule has 11 N–H and O–H groups in total. The van der Waals surface area contributed by atoms with Gasteiger partial charge in [0.15, 0.2) is 0 Å². The maximum absolute atomic E-state index is 9.00. The second-order valence-electron chi connectivity index (χ2n) is 1.56. The number of carboxylic acids is 3. The number of hydrogen-bond donors (Lipinski definition) is 3. The van der Waals surface area contributed by atoms with E-state index >= 15 is 0 Å². The summed E-state index contributed by atoms with van der Waals surface area (Å²) in [5, 5.41) is 22.2. The van der Waals surface area contributed by atoms with Crippen molar-refractivity contribution in [3.05, 3.63) is 0 Å². The molecule has 11 heteroatoms. The first-order valence-electron chi connectivity index (χ1n) is 2.78. The minimum atomic E-state index is -0.833. The van der Waals surface area contributed by atoms with E-state index in [9.17, 15) is 0 Å². The van der Waals surface area contributed by atoms with E-state index in [1.807, 2.05) is 0 Å². The Morgan fingerprint density at radius 3 is 0.588 bits per heavy atom. The van der Waals surface area contributed by atoms with E-state index < -0.39 is 17.9 Å². The van der Waals surface area contributed by atoms with Crippen molar-refractivity contribution in [2.24, 2.45) is 0 Å². The van der Waals surface area contributed by atoms with E-state index in [1.54, 1.807) is 0 Å². The molecule has 0 fully saturated rings. The molecule has 110 valence electrons. The van der Waals surface area contributed by atoms with Crippen LogP contribution in [-0.4, -0.2) is 55.1 Å². The summed E-state index contributed by atoms with van der Waals surface area (Å²) in [6.45, 7) is 3.25. The Bertz CT molecular complexity index is 118. The zero-order valence-corrected chi connectivity index (χ0v) is 12.1. The predicted molar refractivity (Wildman–Crippen MR) is 54.4 cm³/mol. The Labute approximate surface area is 130 Å². The first-order valence-corrected chi connectivity index (χ1v) is 2.78. The summed E-state index contributed by atoms with van der Waals surface area (Å²) in [5.41, 5.74) is 0. The summed E-state index contributed by atoms with van der Waals surface area (Å²) in [5.74, 6) is -2.50. The standard InChI is InChI=1S/3C2H4O2.4H2O.Sm/c3*1-2(3)4;;;;;/h3*1H3,(H,3,4);4*1H2;. The third-order valence-electron chi connectivity index (χ3n) is 0. The zero-order chi connectivity index (χ0) is 10.7. The molecule has 17 heavy (non-hydrogen) atoms. The minimum absolute atomic E-state index is 0. The van der Waals surface area contributed by atoms with Crippen molar-refractivity contribution in [2.45, 2.75) is 20.8 Å². The van der Waals surface area contributed by atoms with Gasteiger partial charge in [-0.05, 0) is 0 Å². The van der Waals surface area contributed by atoms with Gasteiger partial charge >= 0.3 is 0 Å². The number of carboxylic acid groups (broad SMARTS) is 3. The molecule has 0 aliphatic heterocycles. The molecule has 0 aromatic heterocycles. The molecule has 0 radical (unpaired) electrons. The second-order valence-corrected chi connectivity index (χ2v) is 1.56. The fourth-order valence-electron chi connectivity index (χ4n) is 0. The largest absolute Gasteiger partial charge is 0.481 e. The van der Waals surface area contributed by atoms with Gasteiger partial charge in [-0.2, -0.15) is 0 Å². The van der Waals surface area contributed by atoms with Crippen LogP contribution < -0.4 is 0 Å². The summed E-state index contributed by atoms with van der Waals surface area (Å²) < 4.78 is 0. The van der Waals surface area contributed by atoms with Gasteiger partial charge in [-0.1, -0.05) is 0 Å². The van der Waals surface area contributed by atoms with Gasteiger partial charge in [-0.25, -0.2) is 0 Å². The molecule has 10 nitrogen and oxygen atoms in total. The maximum atomic E-state index is 9.00. The fraction of sp³-hybridized carbons (Fsp3) is 0.500. The van der Waals surface area contributed by atoms with E-state index in [1.165, 1.54) is 0 Å². The number of rotatable bonds is 0. The van der Waals surface area contributed by atoms with Crippen LogP contribution in [0.25, 0.3) is 0 Å². The van der Waals surface area contributed by atoms with Crippen LogP contribution in [0.2, 0.25) is 0 Å². The Balaban J connectivity index is -0.0000000104. The molecule has 0 aromatic rings. The van der Waals surface area contributed by atoms with E-state index in [-0.39, 0.29) is 62.3 Å². The molecule has 0 atom stereocenters. The SMILES string of the molecule is CC(=O)O.CC(=O)O.CC(=O)O.O.O.O.O.[Sm]. The van der Waals surface area contributed by atoms with Crippen LogP contribution in [-0.2, 0) is 14.4 Å². The van der Waals surface area contributed by atoms with E-state index in [0.29, 0.717) is 0 Å². The van der Waals surface area contributed by atoms with Gasteiger partial charge in [-0.15, -0.1) is 0 Å². The van der Waals surface area contributed by atoms with E-state index in [0.717, 1.165) is 20.8 Å². The van der Waals surface area contributed by atoms with Gasteiger partial charge in [-0.3, -0.25) is 14.4 Å². The number of aliphatic carboxylic acids is 3. The first-order chi connectivity index (χ1) is 5.20. The van der Waals surface area contributed by atoms with Crippen molar-refractivity contribution in [1.29, 1.82) is 0 Å². The average Bonchev–Trinajstić information content (AvgIpc) is 1.54. The van der Waals surface area contributed by atoms with E-state index in [4.69, 9.17) is 29.7 Å². The first kappa shape index (κ1) is 54.7. The molecule has 0 saturated heterocycles. The van der Waals surface area contributed by atoms with Crippen molar-refractivity contribution < 1.29 is 92.0 Å². The number of hydrogen-bond acceptors (Lipinski definition) is 3. The normalized spacial score (nSPS) is 4.41. The molecule has 0 spiro atoms. The molecule has 0 amide bonds. The predicted octanol–water partition coefficient (Wildman–Crippen LogP) is -3.03. The Morgan fingerprint density at radius 1 is 0.588 bits per heavy atom. The summed E-state index contributed by atoms with van der Waals surface area (Å²) >= 11 is 0. The molecular formula is C6H20O10Sm. The summed E-state index contributed by atoms with van der Waals surface area (Å²) in [6.07, 6.45) is 0. The molecular weight excluding hydrogens is 382 g/mol. The average molecular weight is 403 g/mol. The molecule has 0 bridgehead atoms. The van der Waals surface area contributed by atoms with Crippen LogP contribution in [0.1, 0.15) is 20.8 Å². The summed E-state index contributed by atoms with van der Waals surface area (Å²) in [4.78, 5) is 27.0. The Hall–Kier alpha value is -0.412. The van der Waals surface area contributed by atoms with Gasteiger partial charge in [0, 0.05) is 61.2 Å². The summed E-state index contributed by atoms with van der Waals surface area (Å²) in [6, 6.07) is 0. The van der Waals surface area contributed by atoms with Crippen LogP contribution in [0.15, 0.2) is 0 Å². The van der Waals surface area contributed by atoms with E-state index in [2.05, 4.69) is 0 Å². The quantitative estimate of drug-likeness (QED) is 0.380.